The summed E-state index contributed by atoms with van der Waals surface area (Å²) in [6, 6.07) is -2.50. The SMILES string of the molecule is CCCCC(NC(=O)C(CCCCN(CC(=O)O)CC(=O)O)NC(=O)C(Cc1c[nH]cn1)NC(=O)C(CCC(N)=O)NC(=O)C(CO)NC(=O)CNC(=O)COCCOCCNC(=O)CCCCCCCCCCCCCCCC1=NNNN1)C(=O)NC1CCC(=O)NCCCCC(C(N)=O)NC(=O)C(Cc2c[nH]c3ccccc23)NC(=O)C(CCCNC(=N)N)NC(=O)[C@@H](Cc2ccccc2)NC(=O)C2C[C@@H](O)CN2C1=O. The second-order valence-electron chi connectivity index (χ2n) is 37.0. The minimum atomic E-state index is -1.82. The third-order valence-corrected chi connectivity index (χ3v) is 25.0. The maximum atomic E-state index is 15.6. The van der Waals surface area contributed by atoms with Crippen LogP contribution in [-0.4, -0.2) is 321 Å². The molecule has 51 nitrogen and oxygen atoms in total. The number of carbonyl (C=O) groups excluding carboxylic acids is 16. The zero-order chi connectivity index (χ0) is 107. The lowest BCUT2D eigenvalue weighted by Crippen LogP contribution is -2.61. The van der Waals surface area contributed by atoms with Crippen molar-refractivity contribution >= 4 is 129 Å². The minimum absolute atomic E-state index is 0.0276. The number of aliphatic hydroxyl groups is 2. The van der Waals surface area contributed by atoms with Crippen molar-refractivity contribution in [3.63, 3.8) is 0 Å². The molecular formula is C97H151N27O24. The molecule has 16 amide bonds. The first-order chi connectivity index (χ1) is 71.2. The number of para-hydroxylation sites is 1. The molecule has 7 rings (SSSR count). The Morgan fingerprint density at radius 2 is 1.20 bits per heavy atom. The predicted octanol–water partition coefficient (Wildman–Crippen LogP) is -3.31. The molecule has 0 radical (unpaired) electrons. The molecule has 2 aromatic carbocycles. The van der Waals surface area contributed by atoms with Crippen LogP contribution in [0.15, 0.2) is 78.4 Å². The number of aliphatic hydroxyl groups excluding tert-OH is 2. The van der Waals surface area contributed by atoms with Crippen LogP contribution in [0.1, 0.15) is 223 Å². The molecule has 818 valence electrons. The maximum absolute atomic E-state index is 15.6. The third-order valence-electron chi connectivity index (χ3n) is 25.0. The summed E-state index contributed by atoms with van der Waals surface area (Å²) in [7, 11) is 0. The summed E-state index contributed by atoms with van der Waals surface area (Å²) >= 11 is 0. The van der Waals surface area contributed by atoms with Crippen LogP contribution in [0, 0.1) is 5.41 Å². The van der Waals surface area contributed by atoms with Gasteiger partial charge in [0.15, 0.2) is 5.96 Å². The number of H-pyrrole nitrogens is 2. The minimum Gasteiger partial charge on any atom is -0.480 e. The Hall–Kier alpha value is -14.1. The van der Waals surface area contributed by atoms with Crippen molar-refractivity contribution in [1.82, 2.24) is 116 Å². The van der Waals surface area contributed by atoms with Gasteiger partial charge in [-0.3, -0.25) is 102 Å². The molecule has 0 saturated carbocycles. The van der Waals surface area contributed by atoms with Crippen LogP contribution < -0.4 is 108 Å². The summed E-state index contributed by atoms with van der Waals surface area (Å²) in [4.78, 5) is 263. The summed E-state index contributed by atoms with van der Waals surface area (Å²) in [6.45, 7) is -2.32. The van der Waals surface area contributed by atoms with Crippen molar-refractivity contribution in [2.45, 2.75) is 298 Å². The number of benzene rings is 2. The second-order valence-corrected chi connectivity index (χ2v) is 37.0. The molecule has 2 saturated heterocycles. The Morgan fingerprint density at radius 1 is 0.588 bits per heavy atom. The number of hydrogen-bond donors (Lipinski definition) is 27. The summed E-state index contributed by atoms with van der Waals surface area (Å²) in [5, 5.41) is 90.2. The van der Waals surface area contributed by atoms with Crippen molar-refractivity contribution in [2.24, 2.45) is 22.3 Å². The number of primary amides is 2. The molecule has 12 atom stereocenters. The number of unbranched alkanes of at least 4 members (excludes halogenated alkanes) is 14. The number of aromatic amines is 2. The van der Waals surface area contributed by atoms with Gasteiger partial charge in [0.25, 0.3) is 0 Å². The van der Waals surface area contributed by atoms with Gasteiger partial charge < -0.3 is 136 Å². The highest BCUT2D eigenvalue weighted by atomic mass is 16.5. The Labute approximate surface area is 858 Å². The quantitative estimate of drug-likeness (QED) is 0.0117. The van der Waals surface area contributed by atoms with E-state index >= 15 is 28.8 Å². The molecule has 10 unspecified atom stereocenters. The van der Waals surface area contributed by atoms with Crippen LogP contribution in [0.2, 0.25) is 0 Å². The fraction of sp³-hybridized carbons (Fsp3) is 0.619. The van der Waals surface area contributed by atoms with Crippen LogP contribution in [0.4, 0.5) is 0 Å². The van der Waals surface area contributed by atoms with E-state index in [1.807, 2.05) is 0 Å². The van der Waals surface area contributed by atoms with Gasteiger partial charge in [-0.25, -0.2) is 10.5 Å². The molecule has 2 fully saturated rings. The van der Waals surface area contributed by atoms with Crippen molar-refractivity contribution in [3.05, 3.63) is 90.1 Å². The number of hydrazone groups is 1. The number of amides is 16. The third kappa shape index (κ3) is 46.8. The van der Waals surface area contributed by atoms with E-state index in [4.69, 9.17) is 32.1 Å². The van der Waals surface area contributed by atoms with E-state index in [9.17, 15) is 78.0 Å². The van der Waals surface area contributed by atoms with Crippen molar-refractivity contribution in [1.29, 1.82) is 5.41 Å². The molecule has 51 heteroatoms. The molecular weight excluding hydrogens is 1930 g/mol. The standard InChI is InChI=1S/C97H151N27O24/c1-2-3-30-68(88(138)115-72-38-40-81(129)103-41-24-22-32-67(86(99)136)110-92(142)74(49-62-52-106-66-31-21-20-29-65(62)66)116-89(139)70(34-26-42-105-97(100)101)113-91(141)73(48-61-27-16-15-17-28-61)118-95(145)77-51-64(126)55-124(77)96(72)146)111-87(137)69(33-23-25-44-123(56-84(132)133)57-85(134)135)112-93(143)75(50-63-53-102-60-108-63)117-90(140)71(37-39-78(98)127)114-94(144)76(58-125)109-82(130)54-107-83(131)59-148-47-46-147-45-43-104-80(128)36-19-14-12-10-8-6-4-5-7-9-11-13-18-35-79-119-121-122-120-79/h15-17,20-21,27-29,31,52-53,60,64,67-77,106,121-122,125-126H,2-14,18-19,22-26,30,32-51,54-59H2,1H3,(H2,98,127)(H2,99,136)(H,102,108)(H,103,129)(H,104,128)(H,107,131)(H,109,130)(H,110,142)(H,111,137)(H,112,143)(H,113,141)(H,114,144)(H,115,138)(H,116,139)(H,117,140)(H,118,145)(H,119,120)(H,132,133)(H,134,135)(H4,100,101,105)/t64-,67?,68?,69?,70?,71?,72?,73-,74?,75?,76?,77?/m1/s1. The highest BCUT2D eigenvalue weighted by molar-refractivity contribution is 6.01. The predicted molar refractivity (Wildman–Crippen MR) is 539 cm³/mol. The maximum Gasteiger partial charge on any atom is 0.317 e. The van der Waals surface area contributed by atoms with E-state index in [0.717, 1.165) is 54.2 Å². The van der Waals surface area contributed by atoms with Crippen LogP contribution in [0.25, 0.3) is 10.9 Å². The average Bonchev–Trinajstić information content (AvgIpc) is 1.67. The molecule has 0 bridgehead atoms. The van der Waals surface area contributed by atoms with Gasteiger partial charge in [-0.2, -0.15) is 0 Å². The van der Waals surface area contributed by atoms with Crippen LogP contribution in [0.5, 0.6) is 0 Å². The van der Waals surface area contributed by atoms with E-state index in [2.05, 4.69) is 111 Å². The average molecular weight is 2080 g/mol. The highest BCUT2D eigenvalue weighted by Crippen LogP contribution is 2.25. The number of nitrogens with one attached hydrogen (secondary N) is 20. The Morgan fingerprint density at radius 3 is 1.84 bits per heavy atom. The van der Waals surface area contributed by atoms with Crippen molar-refractivity contribution in [3.8, 4) is 0 Å². The van der Waals surface area contributed by atoms with Gasteiger partial charge in [-0.1, -0.05) is 139 Å². The molecule has 2 aromatic heterocycles. The monoisotopic (exact) mass is 2080 g/mol. The van der Waals surface area contributed by atoms with E-state index in [-0.39, 0.29) is 135 Å². The first kappa shape index (κ1) is 121. The number of aliphatic carboxylic acids is 2. The fourth-order valence-corrected chi connectivity index (χ4v) is 17.0. The first-order valence-electron chi connectivity index (χ1n) is 51.0. The second kappa shape index (κ2) is 67.7. The lowest BCUT2D eigenvalue weighted by Gasteiger charge is -2.31. The van der Waals surface area contributed by atoms with Crippen LogP contribution in [0.3, 0.4) is 0 Å². The summed E-state index contributed by atoms with van der Waals surface area (Å²) in [5.74, 6) is -17.0. The number of carbonyl (C=O) groups is 18. The normalized spacial score (nSPS) is 18.6. The largest absolute Gasteiger partial charge is 0.480 e. The number of hydrazine groups is 2. The van der Waals surface area contributed by atoms with Crippen LogP contribution >= 0.6 is 0 Å². The van der Waals surface area contributed by atoms with Gasteiger partial charge in [0, 0.05) is 101 Å². The number of rotatable bonds is 64. The van der Waals surface area contributed by atoms with E-state index in [0.29, 0.717) is 34.9 Å². The molecule has 30 N–H and O–H groups in total. The molecule has 0 aliphatic carbocycles. The number of nitrogens with two attached hydrogens (primary N) is 3. The van der Waals surface area contributed by atoms with Gasteiger partial charge in [-0.05, 0) is 107 Å². The summed E-state index contributed by atoms with van der Waals surface area (Å²) in [5.41, 5.74) is 27.3. The zero-order valence-electron chi connectivity index (χ0n) is 84.1. The topological polar surface area (TPSA) is 776 Å². The highest BCUT2D eigenvalue weighted by Gasteiger charge is 2.45. The zero-order valence-corrected chi connectivity index (χ0v) is 84.1. The number of carboxylic acids is 2. The number of imidazole rings is 1. The van der Waals surface area contributed by atoms with Gasteiger partial charge in [0.1, 0.15) is 78.9 Å². The van der Waals surface area contributed by atoms with E-state index in [1.54, 1.807) is 67.7 Å². The number of fused-ring (bicyclic) bond motifs is 2. The summed E-state index contributed by atoms with van der Waals surface area (Å²) < 4.78 is 10.9. The van der Waals surface area contributed by atoms with Gasteiger partial charge in [-0.15, -0.1) is 10.6 Å². The van der Waals surface area contributed by atoms with Gasteiger partial charge in [0.05, 0.1) is 64.2 Å². The molecule has 0 spiro atoms. The number of hydrogen-bond acceptors (Lipinski definition) is 29. The first-order valence-corrected chi connectivity index (χ1v) is 51.0. The Balaban J connectivity index is 1.03. The number of carboxylic acid groups (broad SMARTS) is 2. The smallest absolute Gasteiger partial charge is 0.317 e. The number of aromatic nitrogens is 3. The van der Waals surface area contributed by atoms with E-state index < -0.39 is 257 Å². The Kier molecular flexibility index (Phi) is 55.3. The molecule has 3 aliphatic rings. The lowest BCUT2D eigenvalue weighted by atomic mass is 10.0. The molecule has 4 aromatic rings. The van der Waals surface area contributed by atoms with Gasteiger partial charge >= 0.3 is 11.9 Å². The Bertz CT molecular complexity index is 4960. The molecule has 5 heterocycles. The molecule has 3 aliphatic heterocycles. The number of ether oxygens (including phenoxy) is 2. The summed E-state index contributed by atoms with van der Waals surface area (Å²) in [6.07, 6.45) is 15.6. The van der Waals surface area contributed by atoms with Crippen molar-refractivity contribution in [2.75, 3.05) is 85.4 Å². The van der Waals surface area contributed by atoms with E-state index in [1.165, 1.54) is 63.9 Å². The van der Waals surface area contributed by atoms with Gasteiger partial charge in [0.2, 0.25) is 94.5 Å². The lowest BCUT2D eigenvalue weighted by molar-refractivity contribution is -0.143. The number of guanidine groups is 1. The number of nitrogens with zero attached hydrogens (tertiary/aromatic N) is 4. The van der Waals surface area contributed by atoms with Crippen molar-refractivity contribution < 1.29 is 116 Å². The molecule has 148 heavy (non-hydrogen) atoms. The number of amidine groups is 1. The fourth-order valence-electron chi connectivity index (χ4n) is 17.0. The van der Waals surface area contributed by atoms with Crippen LogP contribution in [-0.2, 0) is 115 Å².